The fourth-order valence-electron chi connectivity index (χ4n) is 2.36. The van der Waals surface area contributed by atoms with Gasteiger partial charge in [0.05, 0.1) is 21.4 Å². The van der Waals surface area contributed by atoms with E-state index >= 15 is 0 Å². The van der Waals surface area contributed by atoms with E-state index in [1.165, 1.54) is 0 Å². The van der Waals surface area contributed by atoms with Gasteiger partial charge in [-0.15, -0.1) is 0 Å². The van der Waals surface area contributed by atoms with Gasteiger partial charge in [0.1, 0.15) is 0 Å². The van der Waals surface area contributed by atoms with Crippen LogP contribution in [0.4, 0.5) is 5.69 Å². The van der Waals surface area contributed by atoms with E-state index in [0.717, 1.165) is 16.3 Å². The van der Waals surface area contributed by atoms with Crippen molar-refractivity contribution in [2.75, 3.05) is 5.73 Å². The lowest BCUT2D eigenvalue weighted by molar-refractivity contribution is 0.683. The predicted molar refractivity (Wildman–Crippen MR) is 89.9 cm³/mol. The van der Waals surface area contributed by atoms with Crippen LogP contribution < -0.4 is 5.73 Å². The zero-order valence-corrected chi connectivity index (χ0v) is 12.8. The van der Waals surface area contributed by atoms with Crippen molar-refractivity contribution in [3.63, 3.8) is 0 Å². The average Bonchev–Trinajstić information content (AvgIpc) is 2.47. The van der Waals surface area contributed by atoms with E-state index < -0.39 is 10.8 Å². The van der Waals surface area contributed by atoms with Gasteiger partial charge in [0, 0.05) is 10.7 Å². The summed E-state index contributed by atoms with van der Waals surface area (Å²) in [4.78, 5) is 0.632. The van der Waals surface area contributed by atoms with Crippen LogP contribution in [-0.4, -0.2) is 4.21 Å². The van der Waals surface area contributed by atoms with Crippen LogP contribution in [0.15, 0.2) is 65.6 Å². The quantitative estimate of drug-likeness (QED) is 0.729. The average molecular weight is 316 g/mol. The zero-order valence-electron chi connectivity index (χ0n) is 11.3. The Hall–Kier alpha value is -1.84. The van der Waals surface area contributed by atoms with Gasteiger partial charge in [-0.1, -0.05) is 54.1 Å². The lowest BCUT2D eigenvalue weighted by Crippen LogP contribution is -2.01. The summed E-state index contributed by atoms with van der Waals surface area (Å²) in [7, 11) is -1.19. The first-order valence-electron chi connectivity index (χ1n) is 6.55. The maximum Gasteiger partial charge on any atom is 0.0621 e. The number of nitrogens with two attached hydrogens (primary N) is 1. The smallest absolute Gasteiger partial charge is 0.0621 e. The highest BCUT2D eigenvalue weighted by atomic mass is 35.5. The van der Waals surface area contributed by atoms with Crippen molar-refractivity contribution in [2.45, 2.75) is 10.6 Å². The van der Waals surface area contributed by atoms with Crippen molar-refractivity contribution in [1.82, 2.24) is 0 Å². The fourth-order valence-corrected chi connectivity index (χ4v) is 3.78. The molecule has 2 nitrogen and oxygen atoms in total. The molecule has 1 atom stereocenters. The van der Waals surface area contributed by atoms with E-state index in [1.807, 2.05) is 30.3 Å². The maximum atomic E-state index is 12.6. The molecule has 3 rings (SSSR count). The Labute approximate surface area is 131 Å². The van der Waals surface area contributed by atoms with Gasteiger partial charge in [0.15, 0.2) is 0 Å². The van der Waals surface area contributed by atoms with Gasteiger partial charge in [-0.25, -0.2) is 0 Å². The van der Waals surface area contributed by atoms with Crippen molar-refractivity contribution in [3.05, 3.63) is 71.2 Å². The van der Waals surface area contributed by atoms with E-state index in [-0.39, 0.29) is 0 Å². The van der Waals surface area contributed by atoms with Crippen molar-refractivity contribution in [2.24, 2.45) is 0 Å². The highest BCUT2D eigenvalue weighted by molar-refractivity contribution is 7.84. The van der Waals surface area contributed by atoms with Crippen molar-refractivity contribution < 1.29 is 4.21 Å². The van der Waals surface area contributed by atoms with Crippen molar-refractivity contribution in [3.8, 4) is 0 Å². The Morgan fingerprint density at radius 3 is 2.57 bits per heavy atom. The molecule has 2 N–H and O–H groups in total. The number of nitrogen functional groups attached to an aromatic ring is 1. The molecule has 3 aromatic carbocycles. The third-order valence-corrected chi connectivity index (χ3v) is 5.05. The maximum absolute atomic E-state index is 12.6. The molecule has 21 heavy (non-hydrogen) atoms. The molecule has 0 radical (unpaired) electrons. The summed E-state index contributed by atoms with van der Waals surface area (Å²) in [6, 6.07) is 19.2. The number of benzene rings is 3. The van der Waals surface area contributed by atoms with Gasteiger partial charge in [0.2, 0.25) is 0 Å². The number of rotatable bonds is 3. The summed E-state index contributed by atoms with van der Waals surface area (Å²) in [5, 5.41) is 2.83. The number of fused-ring (bicyclic) bond motifs is 1. The number of hydrogen-bond donors (Lipinski definition) is 1. The molecule has 0 aliphatic rings. The molecule has 0 heterocycles. The first kappa shape index (κ1) is 14.1. The first-order chi connectivity index (χ1) is 10.1. The lowest BCUT2D eigenvalue weighted by Gasteiger charge is -2.09. The van der Waals surface area contributed by atoms with Gasteiger partial charge in [-0.3, -0.25) is 4.21 Å². The van der Waals surface area contributed by atoms with Crippen molar-refractivity contribution in [1.29, 1.82) is 0 Å². The van der Waals surface area contributed by atoms with E-state index in [9.17, 15) is 4.21 Å². The summed E-state index contributed by atoms with van der Waals surface area (Å²) in [6.07, 6.45) is 0. The van der Waals surface area contributed by atoms with Crippen LogP contribution >= 0.6 is 11.6 Å². The normalized spacial score (nSPS) is 12.4. The molecule has 0 aliphatic heterocycles. The molecule has 0 fully saturated rings. The van der Waals surface area contributed by atoms with Crippen LogP contribution in [0.1, 0.15) is 5.56 Å². The molecule has 3 aromatic rings. The molecular weight excluding hydrogens is 302 g/mol. The highest BCUT2D eigenvalue weighted by Gasteiger charge is 2.11. The van der Waals surface area contributed by atoms with Gasteiger partial charge in [-0.2, -0.15) is 0 Å². The van der Waals surface area contributed by atoms with Crippen LogP contribution in [0.2, 0.25) is 5.02 Å². The second kappa shape index (κ2) is 5.88. The van der Waals surface area contributed by atoms with E-state index in [0.29, 0.717) is 21.4 Å². The summed E-state index contributed by atoms with van der Waals surface area (Å²) in [6.45, 7) is 0. The molecular formula is C17H14ClNOS. The third kappa shape index (κ3) is 2.94. The van der Waals surface area contributed by atoms with Crippen molar-refractivity contribution >= 4 is 38.9 Å². The molecule has 4 heteroatoms. The molecule has 0 saturated heterocycles. The number of anilines is 1. The Morgan fingerprint density at radius 2 is 1.76 bits per heavy atom. The molecule has 1 unspecified atom stereocenters. The minimum Gasteiger partial charge on any atom is -0.398 e. The van der Waals surface area contributed by atoms with E-state index in [2.05, 4.69) is 12.1 Å². The first-order valence-corrected chi connectivity index (χ1v) is 8.25. The fraction of sp³-hybridized carbons (Fsp3) is 0.0588. The topological polar surface area (TPSA) is 43.1 Å². The van der Waals surface area contributed by atoms with Gasteiger partial charge < -0.3 is 5.73 Å². The standard InChI is InChI=1S/C17H14ClNOS/c18-14-8-9-17(16(19)10-14)21(20)11-13-6-3-5-12-4-1-2-7-15(12)13/h1-10H,11,19H2. The Morgan fingerprint density at radius 1 is 1.00 bits per heavy atom. The highest BCUT2D eigenvalue weighted by Crippen LogP contribution is 2.25. The second-order valence-corrected chi connectivity index (χ2v) is 6.67. The molecule has 106 valence electrons. The zero-order chi connectivity index (χ0) is 14.8. The lowest BCUT2D eigenvalue weighted by atomic mass is 10.1. The van der Waals surface area contributed by atoms with Gasteiger partial charge in [-0.05, 0) is 34.5 Å². The Balaban J connectivity index is 1.97. The molecule has 0 spiro atoms. The second-order valence-electron chi connectivity index (χ2n) is 4.81. The minimum atomic E-state index is -1.19. The van der Waals surface area contributed by atoms with Gasteiger partial charge >= 0.3 is 0 Å². The van der Waals surface area contributed by atoms with Crippen LogP contribution in [0.25, 0.3) is 10.8 Å². The third-order valence-electron chi connectivity index (χ3n) is 3.38. The monoisotopic (exact) mass is 315 g/mol. The van der Waals surface area contributed by atoms with Crippen LogP contribution in [-0.2, 0) is 16.6 Å². The van der Waals surface area contributed by atoms with E-state index in [1.54, 1.807) is 18.2 Å². The summed E-state index contributed by atoms with van der Waals surface area (Å²) < 4.78 is 12.6. The largest absolute Gasteiger partial charge is 0.398 e. The summed E-state index contributed by atoms with van der Waals surface area (Å²) in [5.41, 5.74) is 7.44. The Kier molecular flexibility index (Phi) is 3.95. The van der Waals surface area contributed by atoms with Crippen LogP contribution in [0, 0.1) is 0 Å². The SMILES string of the molecule is Nc1cc(Cl)ccc1S(=O)Cc1cccc2ccccc12. The van der Waals surface area contributed by atoms with E-state index in [4.69, 9.17) is 17.3 Å². The molecule has 0 saturated carbocycles. The minimum absolute atomic E-state index is 0.438. The molecule has 0 aromatic heterocycles. The predicted octanol–water partition coefficient (Wildman–Crippen LogP) is 4.38. The molecule has 0 amide bonds. The van der Waals surface area contributed by atoms with Crippen LogP contribution in [0.5, 0.6) is 0 Å². The molecule has 0 aliphatic carbocycles. The summed E-state index contributed by atoms with van der Waals surface area (Å²) in [5.74, 6) is 0.438. The Bertz CT molecular complexity index is 827. The summed E-state index contributed by atoms with van der Waals surface area (Å²) >= 11 is 5.88. The molecule has 0 bridgehead atoms. The van der Waals surface area contributed by atoms with Gasteiger partial charge in [0.25, 0.3) is 0 Å². The number of hydrogen-bond acceptors (Lipinski definition) is 2. The number of halogens is 1. The van der Waals surface area contributed by atoms with Crippen LogP contribution in [0.3, 0.4) is 0 Å².